The van der Waals surface area contributed by atoms with Crippen molar-refractivity contribution >= 4 is 11.8 Å². The molecule has 0 saturated heterocycles. The van der Waals surface area contributed by atoms with E-state index in [1.807, 2.05) is 31.2 Å². The zero-order chi connectivity index (χ0) is 26.2. The molecule has 4 aromatic rings. The maximum Gasteiger partial charge on any atom is 0.355 e. The Balaban J connectivity index is 1.64. The lowest BCUT2D eigenvalue weighted by molar-refractivity contribution is 0.414. The summed E-state index contributed by atoms with van der Waals surface area (Å²) in [6.07, 6.45) is 2.33. The Morgan fingerprint density at radius 1 is 0.919 bits per heavy atom. The predicted molar refractivity (Wildman–Crippen MR) is 141 cm³/mol. The summed E-state index contributed by atoms with van der Waals surface area (Å²) in [6.45, 7) is 3.35. The van der Waals surface area contributed by atoms with Crippen LogP contribution in [0.15, 0.2) is 76.4 Å². The highest BCUT2D eigenvalue weighted by Gasteiger charge is 2.15. The number of rotatable bonds is 11. The Morgan fingerprint density at radius 3 is 2.27 bits per heavy atom. The number of ether oxygens (including phenoxy) is 1. The summed E-state index contributed by atoms with van der Waals surface area (Å²) < 4.78 is 21.0. The highest BCUT2D eigenvalue weighted by atomic mass is 19.1. The smallest absolute Gasteiger partial charge is 0.355 e. The molecule has 2 heterocycles. The van der Waals surface area contributed by atoms with Gasteiger partial charge in [0.15, 0.2) is 0 Å². The van der Waals surface area contributed by atoms with Crippen LogP contribution in [0, 0.1) is 5.82 Å². The molecule has 37 heavy (non-hydrogen) atoms. The van der Waals surface area contributed by atoms with Crippen molar-refractivity contribution in [3.05, 3.63) is 110 Å². The van der Waals surface area contributed by atoms with Gasteiger partial charge >= 0.3 is 11.4 Å². The lowest BCUT2D eigenvalue weighted by atomic mass is 10.2. The van der Waals surface area contributed by atoms with Crippen molar-refractivity contribution < 1.29 is 9.13 Å². The quantitative estimate of drug-likeness (QED) is 0.324. The van der Waals surface area contributed by atoms with Crippen molar-refractivity contribution in [2.24, 2.45) is 0 Å². The molecule has 0 radical (unpaired) electrons. The molecule has 0 fully saturated rings. The summed E-state index contributed by atoms with van der Waals surface area (Å²) in [6, 6.07) is 16.8. The number of anilines is 2. The van der Waals surface area contributed by atoms with Crippen molar-refractivity contribution in [2.75, 3.05) is 30.8 Å². The first-order chi connectivity index (χ1) is 18.0. The first kappa shape index (κ1) is 25.6. The maximum atomic E-state index is 13.5. The second kappa shape index (κ2) is 12.0. The molecule has 0 aliphatic rings. The van der Waals surface area contributed by atoms with E-state index in [2.05, 4.69) is 20.6 Å². The Kier molecular flexibility index (Phi) is 8.29. The van der Waals surface area contributed by atoms with Crippen LogP contribution in [0.4, 0.5) is 16.2 Å². The van der Waals surface area contributed by atoms with E-state index in [1.165, 1.54) is 28.8 Å². The van der Waals surface area contributed by atoms with E-state index in [1.54, 1.807) is 25.4 Å². The first-order valence-corrected chi connectivity index (χ1v) is 12.0. The van der Waals surface area contributed by atoms with Crippen molar-refractivity contribution in [1.82, 2.24) is 19.1 Å². The van der Waals surface area contributed by atoms with Gasteiger partial charge in [0.05, 0.1) is 20.2 Å². The van der Waals surface area contributed by atoms with Crippen LogP contribution in [0.3, 0.4) is 0 Å². The third-order valence-corrected chi connectivity index (χ3v) is 5.82. The molecule has 0 aliphatic heterocycles. The highest BCUT2D eigenvalue weighted by Crippen LogP contribution is 2.14. The first-order valence-electron chi connectivity index (χ1n) is 12.0. The summed E-state index contributed by atoms with van der Waals surface area (Å²) in [5, 5.41) is 6.40. The maximum absolute atomic E-state index is 13.5. The summed E-state index contributed by atoms with van der Waals surface area (Å²) in [5.74, 6) is 1.28. The summed E-state index contributed by atoms with van der Waals surface area (Å²) >= 11 is 0. The number of methoxy groups -OCH3 is 1. The normalized spacial score (nSPS) is 10.8. The second-order valence-electron chi connectivity index (χ2n) is 8.37. The lowest BCUT2D eigenvalue weighted by Gasteiger charge is -2.16. The average molecular weight is 505 g/mol. The van der Waals surface area contributed by atoms with E-state index >= 15 is 0 Å². The third-order valence-electron chi connectivity index (χ3n) is 5.82. The third kappa shape index (κ3) is 6.40. The van der Waals surface area contributed by atoms with Gasteiger partial charge in [-0.2, -0.15) is 4.98 Å². The number of hydrogen-bond donors (Lipinski definition) is 2. The minimum atomic E-state index is -0.683. The molecule has 0 spiro atoms. The molecular formula is C27H29FN6O3. The minimum Gasteiger partial charge on any atom is -0.497 e. The van der Waals surface area contributed by atoms with Crippen molar-refractivity contribution in [3.63, 3.8) is 0 Å². The molecule has 0 atom stereocenters. The van der Waals surface area contributed by atoms with Gasteiger partial charge in [-0.25, -0.2) is 23.5 Å². The van der Waals surface area contributed by atoms with E-state index in [0.29, 0.717) is 24.3 Å². The van der Waals surface area contributed by atoms with Gasteiger partial charge in [-0.1, -0.05) is 30.3 Å². The van der Waals surface area contributed by atoms with Gasteiger partial charge in [0, 0.05) is 19.3 Å². The van der Waals surface area contributed by atoms with Gasteiger partial charge in [0.25, 0.3) is 0 Å². The summed E-state index contributed by atoms with van der Waals surface area (Å²) in [4.78, 5) is 35.0. The number of pyridine rings is 1. The predicted octanol–water partition coefficient (Wildman–Crippen LogP) is 3.13. The van der Waals surface area contributed by atoms with Crippen molar-refractivity contribution in [1.29, 1.82) is 0 Å². The Bertz CT molecular complexity index is 1450. The van der Waals surface area contributed by atoms with Crippen LogP contribution in [0.2, 0.25) is 0 Å². The van der Waals surface area contributed by atoms with E-state index in [0.717, 1.165) is 28.1 Å². The molecule has 2 aromatic heterocycles. The van der Waals surface area contributed by atoms with Crippen LogP contribution in [0.25, 0.3) is 0 Å². The van der Waals surface area contributed by atoms with Crippen LogP contribution in [-0.2, 0) is 19.5 Å². The van der Waals surface area contributed by atoms with Gasteiger partial charge in [-0.3, -0.25) is 4.57 Å². The SMILES string of the molecule is CCNc1ncccc1CCNc1nc(=O)n(Cc2ccc(F)cc2)c(=O)n1Cc1ccc(OC)cc1. The Morgan fingerprint density at radius 2 is 1.59 bits per heavy atom. The van der Waals surface area contributed by atoms with Gasteiger partial charge in [0.1, 0.15) is 17.4 Å². The van der Waals surface area contributed by atoms with Crippen molar-refractivity contribution in [3.8, 4) is 5.75 Å². The summed E-state index contributed by atoms with van der Waals surface area (Å²) in [7, 11) is 1.58. The number of halogens is 1. The zero-order valence-corrected chi connectivity index (χ0v) is 20.8. The second-order valence-corrected chi connectivity index (χ2v) is 8.37. The molecule has 2 N–H and O–H groups in total. The van der Waals surface area contributed by atoms with Crippen LogP contribution in [0.1, 0.15) is 23.6 Å². The number of benzene rings is 2. The summed E-state index contributed by atoms with van der Waals surface area (Å²) in [5.41, 5.74) is 1.26. The number of nitrogens with zero attached hydrogens (tertiary/aromatic N) is 4. The molecular weight excluding hydrogens is 475 g/mol. The molecule has 4 rings (SSSR count). The van der Waals surface area contributed by atoms with Crippen LogP contribution < -0.4 is 26.7 Å². The fraction of sp³-hybridized carbons (Fsp3) is 0.259. The van der Waals surface area contributed by atoms with Crippen LogP contribution >= 0.6 is 0 Å². The lowest BCUT2D eigenvalue weighted by Crippen LogP contribution is -2.43. The molecule has 0 unspecified atom stereocenters. The van der Waals surface area contributed by atoms with Crippen molar-refractivity contribution in [2.45, 2.75) is 26.4 Å². The van der Waals surface area contributed by atoms with Gasteiger partial charge in [-0.15, -0.1) is 0 Å². The number of aromatic nitrogens is 4. The van der Waals surface area contributed by atoms with Gasteiger partial charge in [-0.05, 0) is 60.4 Å². The average Bonchev–Trinajstić information content (AvgIpc) is 2.91. The Labute approximate surface area is 213 Å². The fourth-order valence-electron chi connectivity index (χ4n) is 3.90. The van der Waals surface area contributed by atoms with Gasteiger partial charge < -0.3 is 15.4 Å². The fourth-order valence-corrected chi connectivity index (χ4v) is 3.90. The topological polar surface area (TPSA) is 103 Å². The largest absolute Gasteiger partial charge is 0.497 e. The standard InChI is InChI=1S/C27H29FN6O3/c1-3-29-24-21(5-4-15-30-24)14-16-31-25-32-26(35)34(18-19-6-10-22(28)11-7-19)27(36)33(25)17-20-8-12-23(37-2)13-9-20/h4-13,15H,3,14,16-18H2,1-2H3,(H,29,30)(H,31,32,35). The molecule has 0 saturated carbocycles. The molecule has 10 heteroatoms. The molecule has 0 amide bonds. The molecule has 2 aromatic carbocycles. The molecule has 9 nitrogen and oxygen atoms in total. The zero-order valence-electron chi connectivity index (χ0n) is 20.8. The molecule has 0 bridgehead atoms. The van der Waals surface area contributed by atoms with E-state index in [9.17, 15) is 14.0 Å². The molecule has 192 valence electrons. The highest BCUT2D eigenvalue weighted by molar-refractivity contribution is 5.44. The van der Waals surface area contributed by atoms with Crippen LogP contribution in [-0.4, -0.2) is 39.3 Å². The minimum absolute atomic E-state index is 0.0183. The number of hydrogen-bond acceptors (Lipinski definition) is 7. The van der Waals surface area contributed by atoms with Gasteiger partial charge in [0.2, 0.25) is 5.95 Å². The van der Waals surface area contributed by atoms with Crippen LogP contribution in [0.5, 0.6) is 5.75 Å². The monoisotopic (exact) mass is 504 g/mol. The number of nitrogens with one attached hydrogen (secondary N) is 2. The van der Waals surface area contributed by atoms with E-state index in [-0.39, 0.29) is 19.0 Å². The Hall–Kier alpha value is -4.47. The molecule has 0 aliphatic carbocycles. The van der Waals surface area contributed by atoms with E-state index in [4.69, 9.17) is 4.74 Å². The van der Waals surface area contributed by atoms with E-state index < -0.39 is 17.2 Å².